The van der Waals surface area contributed by atoms with Crippen molar-refractivity contribution in [1.82, 2.24) is 14.9 Å². The lowest BCUT2D eigenvalue weighted by Crippen LogP contribution is -2.47. The van der Waals surface area contributed by atoms with Gasteiger partial charge in [-0.05, 0) is 85.8 Å². The molecule has 32 heavy (non-hydrogen) atoms. The maximum atomic E-state index is 13.1. The van der Waals surface area contributed by atoms with Crippen molar-refractivity contribution in [2.45, 2.75) is 64.5 Å². The molecule has 168 valence electrons. The van der Waals surface area contributed by atoms with Crippen LogP contribution >= 0.6 is 11.6 Å². The van der Waals surface area contributed by atoms with Gasteiger partial charge in [-0.1, -0.05) is 23.7 Å². The van der Waals surface area contributed by atoms with Crippen LogP contribution < -0.4 is 5.32 Å². The van der Waals surface area contributed by atoms with Crippen LogP contribution in [0.1, 0.15) is 61.8 Å². The van der Waals surface area contributed by atoms with Crippen LogP contribution in [-0.2, 0) is 24.3 Å². The number of aromatic nitrogens is 2. The second-order valence-corrected chi connectivity index (χ2v) is 11.3. The van der Waals surface area contributed by atoms with E-state index in [0.29, 0.717) is 6.42 Å². The number of rotatable bonds is 5. The molecule has 6 heteroatoms. The number of amides is 1. The Kier molecular flexibility index (Phi) is 5.22. The topological polar surface area (TPSA) is 58.1 Å². The predicted octanol–water partition coefficient (Wildman–Crippen LogP) is 5.23. The van der Waals surface area contributed by atoms with Crippen LogP contribution in [0, 0.1) is 23.2 Å². The molecule has 0 unspecified atom stereocenters. The smallest absolute Gasteiger partial charge is 0.226 e. The van der Waals surface area contributed by atoms with E-state index in [1.807, 2.05) is 12.1 Å². The first-order chi connectivity index (χ1) is 15.5. The van der Waals surface area contributed by atoms with Crippen molar-refractivity contribution in [2.24, 2.45) is 23.2 Å². The Bertz CT molecular complexity index is 986. The third-order valence-corrected chi connectivity index (χ3v) is 8.62. The number of halogens is 1. The lowest BCUT2D eigenvalue weighted by molar-refractivity contribution is -0.124. The van der Waals surface area contributed by atoms with Crippen molar-refractivity contribution in [3.05, 3.63) is 52.4 Å². The van der Waals surface area contributed by atoms with E-state index in [4.69, 9.17) is 11.6 Å². The van der Waals surface area contributed by atoms with E-state index in [1.165, 1.54) is 44.1 Å². The second kappa shape index (κ2) is 8.11. The van der Waals surface area contributed by atoms with Crippen LogP contribution in [0.4, 0.5) is 5.82 Å². The number of fused-ring (bicyclic) bond motifs is 1. The first-order valence-corrected chi connectivity index (χ1v) is 12.5. The van der Waals surface area contributed by atoms with Crippen molar-refractivity contribution < 1.29 is 4.79 Å². The van der Waals surface area contributed by atoms with Crippen molar-refractivity contribution >= 4 is 23.3 Å². The maximum Gasteiger partial charge on any atom is 0.226 e. The van der Waals surface area contributed by atoms with E-state index < -0.39 is 0 Å². The van der Waals surface area contributed by atoms with Crippen LogP contribution in [-0.4, -0.2) is 27.3 Å². The van der Waals surface area contributed by atoms with Gasteiger partial charge in [0, 0.05) is 36.6 Å². The largest absolute Gasteiger partial charge is 0.310 e. The molecule has 0 radical (unpaired) electrons. The number of hydrogen-bond donors (Lipinski definition) is 1. The summed E-state index contributed by atoms with van der Waals surface area (Å²) < 4.78 is 0. The monoisotopic (exact) mass is 450 g/mol. The molecule has 1 N–H and O–H groups in total. The van der Waals surface area contributed by atoms with Crippen LogP contribution in [0.15, 0.2) is 30.6 Å². The molecule has 5 nitrogen and oxygen atoms in total. The molecule has 4 saturated carbocycles. The first-order valence-electron chi connectivity index (χ1n) is 12.1. The van der Waals surface area contributed by atoms with Crippen molar-refractivity contribution in [3.8, 4) is 0 Å². The summed E-state index contributed by atoms with van der Waals surface area (Å²) >= 11 is 6.01. The van der Waals surface area contributed by atoms with E-state index in [-0.39, 0.29) is 11.3 Å². The Morgan fingerprint density at radius 2 is 1.75 bits per heavy atom. The standard InChI is InChI=1S/C26H31ClN4O/c27-21-3-1-17(2-4-21)14-31-6-5-22-23(15-31)28-16-29-25(22)30-24(32)13-26-10-18-7-19(11-26)9-20(8-18)12-26/h1-4,16,18-20H,5-15H2,(H,28,29,30,32). The number of benzene rings is 1. The van der Waals surface area contributed by atoms with Gasteiger partial charge in [-0.3, -0.25) is 9.69 Å². The minimum absolute atomic E-state index is 0.149. The molecule has 1 aromatic carbocycles. The average Bonchev–Trinajstić information content (AvgIpc) is 2.74. The summed E-state index contributed by atoms with van der Waals surface area (Å²) in [5, 5.41) is 3.96. The Morgan fingerprint density at radius 3 is 2.44 bits per heavy atom. The highest BCUT2D eigenvalue weighted by molar-refractivity contribution is 6.30. The fourth-order valence-corrected chi connectivity index (χ4v) is 7.65. The molecule has 4 fully saturated rings. The quantitative estimate of drug-likeness (QED) is 0.677. The van der Waals surface area contributed by atoms with Crippen molar-refractivity contribution in [1.29, 1.82) is 0 Å². The second-order valence-electron chi connectivity index (χ2n) is 10.9. The molecule has 1 amide bonds. The molecule has 2 aromatic rings. The maximum absolute atomic E-state index is 13.1. The number of carbonyl (C=O) groups is 1. The molecule has 1 aromatic heterocycles. The van der Waals surface area contributed by atoms with Gasteiger partial charge in [0.2, 0.25) is 5.91 Å². The molecule has 5 aliphatic rings. The molecule has 0 saturated heterocycles. The third kappa shape index (κ3) is 4.06. The highest BCUT2D eigenvalue weighted by Crippen LogP contribution is 2.61. The molecule has 0 atom stereocenters. The van der Waals surface area contributed by atoms with Gasteiger partial charge in [0.15, 0.2) is 0 Å². The number of carbonyl (C=O) groups excluding carboxylic acids is 1. The van der Waals surface area contributed by atoms with E-state index in [9.17, 15) is 4.79 Å². The van der Waals surface area contributed by atoms with Gasteiger partial charge < -0.3 is 5.32 Å². The van der Waals surface area contributed by atoms with Gasteiger partial charge in [0.1, 0.15) is 12.1 Å². The number of anilines is 1. The molecular weight excluding hydrogens is 420 g/mol. The third-order valence-electron chi connectivity index (χ3n) is 8.36. The normalized spacial score (nSPS) is 30.8. The van der Waals surface area contributed by atoms with Crippen molar-refractivity contribution in [3.63, 3.8) is 0 Å². The summed E-state index contributed by atoms with van der Waals surface area (Å²) in [4.78, 5) is 24.5. The number of hydrogen-bond acceptors (Lipinski definition) is 4. The highest BCUT2D eigenvalue weighted by Gasteiger charge is 2.51. The molecule has 4 aliphatic carbocycles. The zero-order chi connectivity index (χ0) is 21.7. The van der Waals surface area contributed by atoms with Crippen LogP contribution in [0.2, 0.25) is 5.02 Å². The Hall–Kier alpha value is -1.98. The summed E-state index contributed by atoms with van der Waals surface area (Å²) in [5.41, 5.74) is 3.64. The van der Waals surface area contributed by atoms with Crippen molar-refractivity contribution in [2.75, 3.05) is 11.9 Å². The molecule has 0 spiro atoms. The summed E-state index contributed by atoms with van der Waals surface area (Å²) in [5.74, 6) is 3.49. The Labute approximate surface area is 195 Å². The fourth-order valence-electron chi connectivity index (χ4n) is 7.52. The predicted molar refractivity (Wildman–Crippen MR) is 125 cm³/mol. The van der Waals surface area contributed by atoms with Crippen LogP contribution in [0.5, 0.6) is 0 Å². The molecule has 2 heterocycles. The Morgan fingerprint density at radius 1 is 1.06 bits per heavy atom. The summed E-state index contributed by atoms with van der Waals surface area (Å²) in [6.45, 7) is 2.58. The van der Waals surface area contributed by atoms with E-state index in [1.54, 1.807) is 6.33 Å². The summed E-state index contributed by atoms with van der Waals surface area (Å²) in [6, 6.07) is 8.03. The average molecular weight is 451 g/mol. The van der Waals surface area contributed by atoms with Gasteiger partial charge in [-0.2, -0.15) is 0 Å². The lowest BCUT2D eigenvalue weighted by Gasteiger charge is -2.56. The van der Waals surface area contributed by atoms with Gasteiger partial charge in [-0.15, -0.1) is 0 Å². The highest BCUT2D eigenvalue weighted by atomic mass is 35.5. The Balaban J connectivity index is 1.12. The minimum Gasteiger partial charge on any atom is -0.310 e. The van der Waals surface area contributed by atoms with Crippen LogP contribution in [0.3, 0.4) is 0 Å². The number of nitrogens with zero attached hydrogens (tertiary/aromatic N) is 3. The summed E-state index contributed by atoms with van der Waals surface area (Å²) in [6.07, 6.45) is 11.1. The molecule has 4 bridgehead atoms. The van der Waals surface area contributed by atoms with Gasteiger partial charge in [-0.25, -0.2) is 9.97 Å². The van der Waals surface area contributed by atoms with E-state index >= 15 is 0 Å². The SMILES string of the molecule is O=C(CC12CC3CC(CC(C3)C1)C2)Nc1ncnc2c1CCN(Cc1ccc(Cl)cc1)C2. The zero-order valence-corrected chi connectivity index (χ0v) is 19.3. The molecule has 7 rings (SSSR count). The van der Waals surface area contributed by atoms with E-state index in [2.05, 4.69) is 32.3 Å². The van der Waals surface area contributed by atoms with Gasteiger partial charge in [0.25, 0.3) is 0 Å². The molecular formula is C26H31ClN4O. The zero-order valence-electron chi connectivity index (χ0n) is 18.5. The minimum atomic E-state index is 0.149. The van der Waals surface area contributed by atoms with Gasteiger partial charge >= 0.3 is 0 Å². The number of nitrogens with one attached hydrogen (secondary N) is 1. The molecule has 1 aliphatic heterocycles. The first kappa shape index (κ1) is 20.6. The summed E-state index contributed by atoms with van der Waals surface area (Å²) in [7, 11) is 0. The van der Waals surface area contributed by atoms with Gasteiger partial charge in [0.05, 0.1) is 5.69 Å². The lowest BCUT2D eigenvalue weighted by atomic mass is 9.49. The fraction of sp³-hybridized carbons (Fsp3) is 0.577. The van der Waals surface area contributed by atoms with Crippen LogP contribution in [0.25, 0.3) is 0 Å². The van der Waals surface area contributed by atoms with E-state index in [0.717, 1.165) is 65.9 Å².